The first kappa shape index (κ1) is 17.1. The molecule has 0 unspecified atom stereocenters. The molecule has 0 spiro atoms. The van der Waals surface area contributed by atoms with E-state index in [1.807, 2.05) is 17.5 Å². The molecule has 23 heavy (non-hydrogen) atoms. The minimum absolute atomic E-state index is 0.126. The van der Waals surface area contributed by atoms with Crippen LogP contribution in [0.4, 0.5) is 5.13 Å². The quantitative estimate of drug-likeness (QED) is 0.534. The summed E-state index contributed by atoms with van der Waals surface area (Å²) in [6.07, 6.45) is 1.80. The van der Waals surface area contributed by atoms with Gasteiger partial charge in [0.25, 0.3) is 5.91 Å². The number of nitrogens with one attached hydrogen (secondary N) is 1. The number of aromatic nitrogens is 1. The highest BCUT2D eigenvalue weighted by molar-refractivity contribution is 7.14. The maximum Gasteiger partial charge on any atom is 0.254 e. The number of hydrogen-bond donors (Lipinski definition) is 3. The summed E-state index contributed by atoms with van der Waals surface area (Å²) in [5.41, 5.74) is 11.3. The predicted molar refractivity (Wildman–Crippen MR) is 92.7 cm³/mol. The van der Waals surface area contributed by atoms with Crippen molar-refractivity contribution in [3.63, 3.8) is 0 Å². The first-order chi connectivity index (χ1) is 10.9. The van der Waals surface area contributed by atoms with Crippen LogP contribution in [0.25, 0.3) is 0 Å². The van der Waals surface area contributed by atoms with E-state index in [2.05, 4.69) is 15.3 Å². The third-order valence-corrected chi connectivity index (χ3v) is 4.71. The number of carbonyl (C=O) groups excluding carboxylic acids is 2. The van der Waals surface area contributed by atoms with Gasteiger partial charge in [0.1, 0.15) is 0 Å². The normalized spacial score (nSPS) is 10.3. The number of thiophene rings is 1. The highest BCUT2D eigenvalue weighted by Crippen LogP contribution is 2.21. The van der Waals surface area contributed by atoms with E-state index in [-0.39, 0.29) is 24.2 Å². The summed E-state index contributed by atoms with van der Waals surface area (Å²) < 4.78 is 0. The van der Waals surface area contributed by atoms with Crippen LogP contribution < -0.4 is 16.8 Å². The molecule has 0 radical (unpaired) electrons. The second-order valence-corrected chi connectivity index (χ2v) is 6.91. The Morgan fingerprint density at radius 1 is 1.26 bits per heavy atom. The molecule has 2 rings (SSSR count). The zero-order chi connectivity index (χ0) is 16.8. The maximum absolute atomic E-state index is 11.5. The molecule has 2 amide bonds. The van der Waals surface area contributed by atoms with Gasteiger partial charge < -0.3 is 16.8 Å². The number of anilines is 1. The summed E-state index contributed by atoms with van der Waals surface area (Å²) in [5.74, 6) is -0.692. The van der Waals surface area contributed by atoms with Gasteiger partial charge in [-0.05, 0) is 25.0 Å². The average molecular weight is 351 g/mol. The molecule has 2 aromatic rings. The highest BCUT2D eigenvalue weighted by atomic mass is 32.1. The minimum atomic E-state index is -0.349. The molecule has 0 aromatic carbocycles. The molecule has 9 heteroatoms. The van der Waals surface area contributed by atoms with E-state index in [4.69, 9.17) is 11.5 Å². The summed E-state index contributed by atoms with van der Waals surface area (Å²) >= 11 is 2.97. The molecule has 0 saturated carbocycles. The van der Waals surface area contributed by atoms with Gasteiger partial charge in [-0.15, -0.1) is 22.7 Å². The Balaban J connectivity index is 1.87. The molecule has 0 aliphatic rings. The molecule has 0 bridgehead atoms. The van der Waals surface area contributed by atoms with E-state index in [1.54, 1.807) is 11.3 Å². The number of carbonyl (C=O) groups is 2. The number of aryl methyl sites for hydroxylation is 2. The summed E-state index contributed by atoms with van der Waals surface area (Å²) in [6.45, 7) is 1.46. The lowest BCUT2D eigenvalue weighted by Gasteiger charge is -1.96. The predicted octanol–water partition coefficient (Wildman–Crippen LogP) is 1.29. The van der Waals surface area contributed by atoms with Crippen LogP contribution in [0, 0.1) is 0 Å². The summed E-state index contributed by atoms with van der Waals surface area (Å²) in [4.78, 5) is 32.4. The number of aliphatic imine (C=N–C) groups is 1. The molecule has 5 N–H and O–H groups in total. The van der Waals surface area contributed by atoms with Crippen molar-refractivity contribution in [2.24, 2.45) is 16.5 Å². The number of rotatable bonds is 6. The van der Waals surface area contributed by atoms with Crippen molar-refractivity contribution in [1.29, 1.82) is 0 Å². The fourth-order valence-electron chi connectivity index (χ4n) is 1.87. The highest BCUT2D eigenvalue weighted by Gasteiger charge is 2.08. The van der Waals surface area contributed by atoms with Crippen molar-refractivity contribution in [2.45, 2.75) is 26.2 Å². The van der Waals surface area contributed by atoms with Crippen LogP contribution >= 0.6 is 22.7 Å². The molecule has 122 valence electrons. The Hall–Kier alpha value is -2.26. The van der Waals surface area contributed by atoms with Gasteiger partial charge in [0, 0.05) is 22.1 Å². The summed E-state index contributed by atoms with van der Waals surface area (Å²) in [5, 5.41) is 5.21. The largest absolute Gasteiger partial charge is 0.370 e. The molecule has 0 fully saturated rings. The van der Waals surface area contributed by atoms with Crippen LogP contribution in [0.2, 0.25) is 0 Å². The Morgan fingerprint density at radius 2 is 2.00 bits per heavy atom. The first-order valence-corrected chi connectivity index (χ1v) is 8.54. The van der Waals surface area contributed by atoms with Gasteiger partial charge in [-0.1, -0.05) is 0 Å². The monoisotopic (exact) mass is 351 g/mol. The molecular formula is C14H17N5O2S2. The summed E-state index contributed by atoms with van der Waals surface area (Å²) in [7, 11) is 0. The van der Waals surface area contributed by atoms with Crippen molar-refractivity contribution in [3.8, 4) is 0 Å². The lowest BCUT2D eigenvalue weighted by atomic mass is 10.2. The Labute approximate surface area is 141 Å². The maximum atomic E-state index is 11.5. The lowest BCUT2D eigenvalue weighted by molar-refractivity contribution is -0.117. The van der Waals surface area contributed by atoms with Crippen LogP contribution in [-0.2, 0) is 28.9 Å². The average Bonchev–Trinajstić information content (AvgIpc) is 3.04. The van der Waals surface area contributed by atoms with Gasteiger partial charge >= 0.3 is 0 Å². The van der Waals surface area contributed by atoms with Crippen LogP contribution in [0.3, 0.4) is 0 Å². The number of guanidine groups is 1. The van der Waals surface area contributed by atoms with Crippen molar-refractivity contribution >= 4 is 45.6 Å². The zero-order valence-corrected chi connectivity index (χ0v) is 14.2. The van der Waals surface area contributed by atoms with Crippen molar-refractivity contribution in [1.82, 2.24) is 4.98 Å². The molecular weight excluding hydrogens is 334 g/mol. The van der Waals surface area contributed by atoms with Crippen LogP contribution in [-0.4, -0.2) is 22.8 Å². The standard InChI is InChI=1S/C14H17N5O2S2/c1-8(20)17-14-18-9(7-22-14)2-3-10-4-5-11(23-10)6-12(21)19-13(15)16/h4-5,7H,2-3,6H2,1H3,(H,17,18,20)(H4,15,16,19,21). The molecule has 7 nitrogen and oxygen atoms in total. The van der Waals surface area contributed by atoms with E-state index in [1.165, 1.54) is 18.3 Å². The molecule has 0 aliphatic carbocycles. The van der Waals surface area contributed by atoms with Crippen molar-refractivity contribution in [2.75, 3.05) is 5.32 Å². The zero-order valence-electron chi connectivity index (χ0n) is 12.5. The Kier molecular flexibility index (Phi) is 5.83. The fraction of sp³-hybridized carbons (Fsp3) is 0.286. The smallest absolute Gasteiger partial charge is 0.254 e. The SMILES string of the molecule is CC(=O)Nc1nc(CCc2ccc(CC(=O)N=C(N)N)s2)cs1. The molecule has 0 saturated heterocycles. The van der Waals surface area contributed by atoms with Crippen LogP contribution in [0.1, 0.15) is 22.4 Å². The van der Waals surface area contributed by atoms with Gasteiger partial charge in [-0.25, -0.2) is 4.98 Å². The second kappa shape index (κ2) is 7.84. The lowest BCUT2D eigenvalue weighted by Crippen LogP contribution is -2.24. The van der Waals surface area contributed by atoms with Crippen LogP contribution in [0.15, 0.2) is 22.5 Å². The van der Waals surface area contributed by atoms with E-state index in [0.29, 0.717) is 5.13 Å². The molecule has 0 atom stereocenters. The minimum Gasteiger partial charge on any atom is -0.370 e. The van der Waals surface area contributed by atoms with Gasteiger partial charge in [0.05, 0.1) is 12.1 Å². The first-order valence-electron chi connectivity index (χ1n) is 6.84. The molecule has 2 aromatic heterocycles. The van der Waals surface area contributed by atoms with E-state index < -0.39 is 0 Å². The molecule has 2 heterocycles. The fourth-order valence-corrected chi connectivity index (χ4v) is 3.66. The number of nitrogens with zero attached hydrogens (tertiary/aromatic N) is 2. The Bertz CT molecular complexity index is 731. The number of hydrogen-bond acceptors (Lipinski definition) is 5. The van der Waals surface area contributed by atoms with Crippen molar-refractivity contribution < 1.29 is 9.59 Å². The third kappa shape index (κ3) is 5.80. The Morgan fingerprint density at radius 3 is 2.70 bits per heavy atom. The number of nitrogens with two attached hydrogens (primary N) is 2. The van der Waals surface area contributed by atoms with E-state index in [0.717, 1.165) is 28.3 Å². The van der Waals surface area contributed by atoms with E-state index >= 15 is 0 Å². The summed E-state index contributed by atoms with van der Waals surface area (Å²) in [6, 6.07) is 3.90. The van der Waals surface area contributed by atoms with Gasteiger partial charge in [0.2, 0.25) is 5.91 Å². The topological polar surface area (TPSA) is 123 Å². The second-order valence-electron chi connectivity index (χ2n) is 4.80. The molecule has 0 aliphatic heterocycles. The van der Waals surface area contributed by atoms with Crippen molar-refractivity contribution in [3.05, 3.63) is 33.0 Å². The number of amides is 2. The third-order valence-electron chi connectivity index (χ3n) is 2.76. The van der Waals surface area contributed by atoms with Gasteiger partial charge in [-0.3, -0.25) is 9.59 Å². The van der Waals surface area contributed by atoms with Gasteiger partial charge in [-0.2, -0.15) is 4.99 Å². The van der Waals surface area contributed by atoms with Gasteiger partial charge in [0.15, 0.2) is 11.1 Å². The van der Waals surface area contributed by atoms with E-state index in [9.17, 15) is 9.59 Å². The van der Waals surface area contributed by atoms with Crippen LogP contribution in [0.5, 0.6) is 0 Å². The number of thiazole rings is 1.